The van der Waals surface area contributed by atoms with E-state index in [1.807, 2.05) is 0 Å². The zero-order valence-corrected chi connectivity index (χ0v) is 12.9. The highest BCUT2D eigenvalue weighted by Crippen LogP contribution is 2.28. The molecule has 6 nitrogen and oxygen atoms in total. The molecular formula is C15H24N2O4. The van der Waals surface area contributed by atoms with Crippen molar-refractivity contribution in [1.29, 1.82) is 0 Å². The summed E-state index contributed by atoms with van der Waals surface area (Å²) in [6.07, 6.45) is 1.92. The van der Waals surface area contributed by atoms with E-state index in [1.54, 1.807) is 13.2 Å². The fourth-order valence-electron chi connectivity index (χ4n) is 2.51. The van der Waals surface area contributed by atoms with Crippen LogP contribution in [0, 0.1) is 10.1 Å². The number of nitrogens with zero attached hydrogens (tertiary/aromatic N) is 2. The number of anilines is 1. The molecule has 0 radical (unpaired) electrons. The van der Waals surface area contributed by atoms with E-state index in [0.717, 1.165) is 18.5 Å². The van der Waals surface area contributed by atoms with Gasteiger partial charge in [0, 0.05) is 43.1 Å². The number of hydrogen-bond acceptors (Lipinski definition) is 5. The van der Waals surface area contributed by atoms with Crippen LogP contribution in [0.2, 0.25) is 0 Å². The van der Waals surface area contributed by atoms with E-state index < -0.39 is 4.92 Å². The predicted octanol–water partition coefficient (Wildman–Crippen LogP) is 2.73. The third kappa shape index (κ3) is 4.41. The van der Waals surface area contributed by atoms with E-state index in [9.17, 15) is 15.2 Å². The lowest BCUT2D eigenvalue weighted by atomic mass is 10.1. The molecule has 1 aromatic carbocycles. The van der Waals surface area contributed by atoms with Crippen molar-refractivity contribution in [2.75, 3.05) is 25.2 Å². The highest BCUT2D eigenvalue weighted by molar-refractivity contribution is 5.58. The Hall–Kier alpha value is -1.66. The average Bonchev–Trinajstić information content (AvgIpc) is 2.50. The Balaban J connectivity index is 3.19. The molecule has 0 spiro atoms. The molecule has 0 unspecified atom stereocenters. The van der Waals surface area contributed by atoms with Crippen LogP contribution in [0.4, 0.5) is 11.4 Å². The fourth-order valence-corrected chi connectivity index (χ4v) is 2.51. The van der Waals surface area contributed by atoms with Crippen LogP contribution in [0.1, 0.15) is 32.3 Å². The van der Waals surface area contributed by atoms with E-state index in [-0.39, 0.29) is 12.3 Å². The van der Waals surface area contributed by atoms with Crippen LogP contribution in [0.3, 0.4) is 0 Å². The van der Waals surface area contributed by atoms with Gasteiger partial charge in [-0.15, -0.1) is 0 Å². The number of non-ortho nitro benzene ring substituents is 1. The lowest BCUT2D eigenvalue weighted by Crippen LogP contribution is -2.37. The zero-order chi connectivity index (χ0) is 15.8. The van der Waals surface area contributed by atoms with Crippen molar-refractivity contribution in [3.05, 3.63) is 33.9 Å². The van der Waals surface area contributed by atoms with Crippen molar-refractivity contribution < 1.29 is 14.8 Å². The first-order chi connectivity index (χ1) is 10.1. The van der Waals surface area contributed by atoms with Crippen molar-refractivity contribution in [1.82, 2.24) is 0 Å². The largest absolute Gasteiger partial charge is 0.392 e. The summed E-state index contributed by atoms with van der Waals surface area (Å²) in [5.74, 6) is 0. The lowest BCUT2D eigenvalue weighted by molar-refractivity contribution is -0.384. The van der Waals surface area contributed by atoms with E-state index in [4.69, 9.17) is 4.74 Å². The molecule has 0 heterocycles. The molecule has 0 aliphatic carbocycles. The van der Waals surface area contributed by atoms with Gasteiger partial charge in [-0.2, -0.15) is 0 Å². The van der Waals surface area contributed by atoms with Gasteiger partial charge in [0.05, 0.1) is 18.1 Å². The fraction of sp³-hybridized carbons (Fsp3) is 0.600. The SMILES string of the molecule is CCC(CC)N(CCOC)c1ccc([N+](=O)[O-])cc1CO. The maximum Gasteiger partial charge on any atom is 0.269 e. The number of methoxy groups -OCH3 is 1. The topological polar surface area (TPSA) is 75.8 Å². The number of nitro benzene ring substituents is 1. The second-order valence-electron chi connectivity index (χ2n) is 4.88. The Kier molecular flexibility index (Phi) is 7.11. The number of rotatable bonds is 9. The third-order valence-corrected chi connectivity index (χ3v) is 3.67. The molecular weight excluding hydrogens is 272 g/mol. The maximum atomic E-state index is 10.9. The highest BCUT2D eigenvalue weighted by atomic mass is 16.6. The molecule has 0 aliphatic rings. The second-order valence-corrected chi connectivity index (χ2v) is 4.88. The molecule has 0 fully saturated rings. The summed E-state index contributed by atoms with van der Waals surface area (Å²) in [6.45, 7) is 5.25. The number of aliphatic hydroxyl groups excluding tert-OH is 1. The van der Waals surface area contributed by atoms with E-state index in [2.05, 4.69) is 18.7 Å². The van der Waals surface area contributed by atoms with Crippen molar-refractivity contribution in [2.24, 2.45) is 0 Å². The Labute approximate surface area is 125 Å². The first-order valence-corrected chi connectivity index (χ1v) is 7.22. The van der Waals surface area contributed by atoms with Gasteiger partial charge in [-0.05, 0) is 18.9 Å². The molecule has 0 aliphatic heterocycles. The van der Waals surface area contributed by atoms with Gasteiger partial charge in [0.1, 0.15) is 0 Å². The molecule has 118 valence electrons. The normalized spacial score (nSPS) is 10.9. The predicted molar refractivity (Wildman–Crippen MR) is 82.6 cm³/mol. The number of nitro groups is 1. The highest BCUT2D eigenvalue weighted by Gasteiger charge is 2.20. The summed E-state index contributed by atoms with van der Waals surface area (Å²) in [5.41, 5.74) is 1.42. The molecule has 0 amide bonds. The summed E-state index contributed by atoms with van der Waals surface area (Å²) in [4.78, 5) is 12.6. The minimum Gasteiger partial charge on any atom is -0.392 e. The molecule has 1 rings (SSSR count). The van der Waals surface area contributed by atoms with Gasteiger partial charge in [0.2, 0.25) is 0 Å². The van der Waals surface area contributed by atoms with Gasteiger partial charge < -0.3 is 14.7 Å². The van der Waals surface area contributed by atoms with Gasteiger partial charge in [-0.3, -0.25) is 10.1 Å². The molecule has 6 heteroatoms. The van der Waals surface area contributed by atoms with Gasteiger partial charge in [-0.1, -0.05) is 13.8 Å². The van der Waals surface area contributed by atoms with Crippen LogP contribution in [0.5, 0.6) is 0 Å². The molecule has 1 N–H and O–H groups in total. The second kappa shape index (κ2) is 8.59. The van der Waals surface area contributed by atoms with Crippen LogP contribution in [0.15, 0.2) is 18.2 Å². The third-order valence-electron chi connectivity index (χ3n) is 3.67. The molecule has 0 atom stereocenters. The molecule has 21 heavy (non-hydrogen) atoms. The monoisotopic (exact) mass is 296 g/mol. The minimum absolute atomic E-state index is 0.000890. The Bertz CT molecular complexity index is 461. The Morgan fingerprint density at radius 2 is 2.05 bits per heavy atom. The Morgan fingerprint density at radius 3 is 2.52 bits per heavy atom. The van der Waals surface area contributed by atoms with Crippen LogP contribution in [0.25, 0.3) is 0 Å². The van der Waals surface area contributed by atoms with E-state index in [0.29, 0.717) is 24.8 Å². The summed E-state index contributed by atoms with van der Waals surface area (Å²) < 4.78 is 5.16. The van der Waals surface area contributed by atoms with E-state index in [1.165, 1.54) is 12.1 Å². The molecule has 0 aromatic heterocycles. The van der Waals surface area contributed by atoms with Crippen molar-refractivity contribution in [2.45, 2.75) is 39.3 Å². The van der Waals surface area contributed by atoms with Crippen LogP contribution < -0.4 is 4.90 Å². The van der Waals surface area contributed by atoms with E-state index >= 15 is 0 Å². The van der Waals surface area contributed by atoms with Crippen molar-refractivity contribution in [3.8, 4) is 0 Å². The van der Waals surface area contributed by atoms with Gasteiger partial charge >= 0.3 is 0 Å². The molecule has 0 bridgehead atoms. The summed E-state index contributed by atoms with van der Waals surface area (Å²) in [6, 6.07) is 4.96. The lowest BCUT2D eigenvalue weighted by Gasteiger charge is -2.33. The molecule has 0 saturated heterocycles. The zero-order valence-electron chi connectivity index (χ0n) is 12.9. The first kappa shape index (κ1) is 17.4. The molecule has 1 aromatic rings. The van der Waals surface area contributed by atoms with Gasteiger partial charge in [0.15, 0.2) is 0 Å². The Morgan fingerprint density at radius 1 is 1.38 bits per heavy atom. The van der Waals surface area contributed by atoms with Crippen molar-refractivity contribution >= 4 is 11.4 Å². The van der Waals surface area contributed by atoms with Crippen LogP contribution in [-0.4, -0.2) is 36.3 Å². The van der Waals surface area contributed by atoms with Crippen LogP contribution >= 0.6 is 0 Å². The average molecular weight is 296 g/mol. The van der Waals surface area contributed by atoms with Gasteiger partial charge in [-0.25, -0.2) is 0 Å². The number of benzene rings is 1. The summed E-state index contributed by atoms with van der Waals surface area (Å²) >= 11 is 0. The minimum atomic E-state index is -0.445. The molecule has 0 saturated carbocycles. The quantitative estimate of drug-likeness (QED) is 0.560. The summed E-state index contributed by atoms with van der Waals surface area (Å²) in [7, 11) is 1.65. The van der Waals surface area contributed by atoms with Crippen molar-refractivity contribution in [3.63, 3.8) is 0 Å². The standard InChI is InChI=1S/C15H24N2O4/c1-4-13(5-2)16(8-9-21-3)15-7-6-14(17(19)20)10-12(15)11-18/h6-7,10,13,18H,4-5,8-9,11H2,1-3H3. The van der Waals surface area contributed by atoms with Gasteiger partial charge in [0.25, 0.3) is 5.69 Å². The first-order valence-electron chi connectivity index (χ1n) is 7.22. The summed E-state index contributed by atoms with van der Waals surface area (Å²) in [5, 5.41) is 20.4. The number of ether oxygens (including phenoxy) is 1. The maximum absolute atomic E-state index is 10.9. The number of hydrogen-bond donors (Lipinski definition) is 1. The number of aliphatic hydroxyl groups is 1. The van der Waals surface area contributed by atoms with Crippen LogP contribution in [-0.2, 0) is 11.3 Å². The smallest absolute Gasteiger partial charge is 0.269 e.